The summed E-state index contributed by atoms with van der Waals surface area (Å²) in [6.07, 6.45) is 1.23. The number of nitrogens with zero attached hydrogens (tertiary/aromatic N) is 1. The Balaban J connectivity index is 1.61. The number of fused-ring (bicyclic) bond motifs is 1. The minimum absolute atomic E-state index is 0.165. The van der Waals surface area contributed by atoms with E-state index in [0.717, 1.165) is 32.8 Å². The van der Waals surface area contributed by atoms with Gasteiger partial charge in [-0.05, 0) is 50.3 Å². The molecule has 0 heterocycles. The van der Waals surface area contributed by atoms with Crippen LogP contribution in [0.5, 0.6) is 5.75 Å². The molecule has 4 aromatic carbocycles. The van der Waals surface area contributed by atoms with Crippen LogP contribution < -0.4 is 10.1 Å². The third-order valence-corrected chi connectivity index (χ3v) is 7.01. The van der Waals surface area contributed by atoms with Crippen LogP contribution in [-0.2, 0) is 22.6 Å². The largest absolute Gasteiger partial charge is 0.483 e. The molecule has 5 nitrogen and oxygen atoms in total. The maximum absolute atomic E-state index is 13.7. The molecule has 1 atom stereocenters. The number of amides is 2. The van der Waals surface area contributed by atoms with Crippen molar-refractivity contribution < 1.29 is 14.3 Å². The maximum atomic E-state index is 13.7. The van der Waals surface area contributed by atoms with E-state index in [0.29, 0.717) is 25.3 Å². The summed E-state index contributed by atoms with van der Waals surface area (Å²) in [5, 5.41) is 5.08. The van der Waals surface area contributed by atoms with Gasteiger partial charge in [0.15, 0.2) is 6.61 Å². The average molecular weight is 560 g/mol. The van der Waals surface area contributed by atoms with Gasteiger partial charge in [0, 0.05) is 19.5 Å². The smallest absolute Gasteiger partial charge is 0.261 e. The first-order valence-corrected chi connectivity index (χ1v) is 13.3. The van der Waals surface area contributed by atoms with Crippen LogP contribution in [-0.4, -0.2) is 35.9 Å². The topological polar surface area (TPSA) is 58.6 Å². The molecule has 4 rings (SSSR count). The Hall–Kier alpha value is -3.64. The lowest BCUT2D eigenvalue weighted by molar-refractivity contribution is -0.142. The summed E-state index contributed by atoms with van der Waals surface area (Å²) in [5.74, 6) is 0.167. The second-order valence-corrected chi connectivity index (χ2v) is 9.68. The Bertz CT molecular complexity index is 1330. The quantitative estimate of drug-likeness (QED) is 0.240. The van der Waals surface area contributed by atoms with E-state index in [1.165, 1.54) is 0 Å². The number of ether oxygens (including phenoxy) is 1. The van der Waals surface area contributed by atoms with Crippen molar-refractivity contribution in [2.24, 2.45) is 0 Å². The van der Waals surface area contributed by atoms with Crippen LogP contribution in [0.1, 0.15) is 24.5 Å². The van der Waals surface area contributed by atoms with Gasteiger partial charge in [0.1, 0.15) is 11.8 Å². The molecule has 37 heavy (non-hydrogen) atoms. The standard InChI is InChI=1S/C31H31BrN2O3/c1-2-19-33-31(36)27(20-23-11-5-3-6-12-23)34(21-24-13-7-4-8-14-24)29(35)22-37-28-18-17-25-15-9-10-16-26(25)30(28)32/h3-18,27H,2,19-22H2,1H3,(H,33,36)/t27-/m0/s1. The molecule has 0 radical (unpaired) electrons. The van der Waals surface area contributed by atoms with Crippen molar-refractivity contribution in [3.8, 4) is 5.75 Å². The molecule has 6 heteroatoms. The Morgan fingerprint density at radius 1 is 0.865 bits per heavy atom. The molecule has 4 aromatic rings. The van der Waals surface area contributed by atoms with Crippen LogP contribution >= 0.6 is 15.9 Å². The number of hydrogen-bond donors (Lipinski definition) is 1. The minimum Gasteiger partial charge on any atom is -0.483 e. The Morgan fingerprint density at radius 2 is 1.51 bits per heavy atom. The second-order valence-electron chi connectivity index (χ2n) is 8.89. The van der Waals surface area contributed by atoms with Crippen LogP contribution in [0.2, 0.25) is 0 Å². The van der Waals surface area contributed by atoms with Crippen molar-refractivity contribution in [1.82, 2.24) is 10.2 Å². The van der Waals surface area contributed by atoms with Gasteiger partial charge < -0.3 is 15.0 Å². The molecule has 0 aliphatic carbocycles. The predicted molar refractivity (Wildman–Crippen MR) is 151 cm³/mol. The first kappa shape index (κ1) is 26.4. The number of nitrogens with one attached hydrogen (secondary N) is 1. The molecule has 0 aromatic heterocycles. The first-order chi connectivity index (χ1) is 18.1. The van der Waals surface area contributed by atoms with Crippen molar-refractivity contribution in [1.29, 1.82) is 0 Å². The van der Waals surface area contributed by atoms with Crippen molar-refractivity contribution in [2.45, 2.75) is 32.4 Å². The third kappa shape index (κ3) is 6.98. The zero-order valence-electron chi connectivity index (χ0n) is 20.9. The molecule has 2 amide bonds. The summed E-state index contributed by atoms with van der Waals surface area (Å²) in [6, 6.07) is 30.7. The highest BCUT2D eigenvalue weighted by Gasteiger charge is 2.30. The summed E-state index contributed by atoms with van der Waals surface area (Å²) in [6.45, 7) is 2.68. The monoisotopic (exact) mass is 558 g/mol. The van der Waals surface area contributed by atoms with Crippen molar-refractivity contribution in [3.05, 3.63) is 113 Å². The first-order valence-electron chi connectivity index (χ1n) is 12.5. The van der Waals surface area contributed by atoms with Crippen LogP contribution in [0.4, 0.5) is 0 Å². The molecule has 0 aliphatic heterocycles. The molecule has 0 saturated carbocycles. The number of hydrogen-bond acceptors (Lipinski definition) is 3. The lowest BCUT2D eigenvalue weighted by Crippen LogP contribution is -2.51. The van der Waals surface area contributed by atoms with Gasteiger partial charge in [-0.3, -0.25) is 9.59 Å². The van der Waals surface area contributed by atoms with Gasteiger partial charge in [-0.2, -0.15) is 0 Å². The zero-order chi connectivity index (χ0) is 26.0. The van der Waals surface area contributed by atoms with E-state index in [2.05, 4.69) is 21.2 Å². The fourth-order valence-electron chi connectivity index (χ4n) is 4.25. The molecular formula is C31H31BrN2O3. The maximum Gasteiger partial charge on any atom is 0.261 e. The minimum atomic E-state index is -0.676. The SMILES string of the molecule is CCCNC(=O)[C@H](Cc1ccccc1)N(Cc1ccccc1)C(=O)COc1ccc2ccccc2c1Br. The fraction of sp³-hybridized carbons (Fsp3) is 0.226. The molecule has 0 unspecified atom stereocenters. The number of rotatable bonds is 11. The summed E-state index contributed by atoms with van der Waals surface area (Å²) in [7, 11) is 0. The zero-order valence-corrected chi connectivity index (χ0v) is 22.5. The molecule has 0 aliphatic rings. The van der Waals surface area contributed by atoms with E-state index in [-0.39, 0.29) is 18.4 Å². The Morgan fingerprint density at radius 3 is 2.22 bits per heavy atom. The van der Waals surface area contributed by atoms with Crippen molar-refractivity contribution in [3.63, 3.8) is 0 Å². The van der Waals surface area contributed by atoms with Crippen LogP contribution in [0.15, 0.2) is 102 Å². The van der Waals surface area contributed by atoms with E-state index >= 15 is 0 Å². The summed E-state index contributed by atoms with van der Waals surface area (Å²) in [5.41, 5.74) is 1.94. The number of halogens is 1. The lowest BCUT2D eigenvalue weighted by Gasteiger charge is -2.31. The number of benzene rings is 4. The fourth-order valence-corrected chi connectivity index (χ4v) is 4.86. The molecule has 0 spiro atoms. The third-order valence-electron chi connectivity index (χ3n) is 6.20. The van der Waals surface area contributed by atoms with Gasteiger partial charge in [-0.1, -0.05) is 97.9 Å². The summed E-state index contributed by atoms with van der Waals surface area (Å²) in [4.78, 5) is 28.7. The van der Waals surface area contributed by atoms with Crippen molar-refractivity contribution in [2.75, 3.05) is 13.2 Å². The molecule has 0 fully saturated rings. The van der Waals surface area contributed by atoms with E-state index in [1.54, 1.807) is 4.90 Å². The molecule has 190 valence electrons. The number of carbonyl (C=O) groups excluding carboxylic acids is 2. The highest BCUT2D eigenvalue weighted by Crippen LogP contribution is 2.33. The van der Waals surface area contributed by atoms with E-state index in [9.17, 15) is 9.59 Å². The summed E-state index contributed by atoms with van der Waals surface area (Å²) >= 11 is 3.63. The van der Waals surface area contributed by atoms with Gasteiger partial charge in [0.2, 0.25) is 5.91 Å². The predicted octanol–water partition coefficient (Wildman–Crippen LogP) is 6.15. The summed E-state index contributed by atoms with van der Waals surface area (Å²) < 4.78 is 6.82. The van der Waals surface area contributed by atoms with E-state index in [4.69, 9.17) is 4.74 Å². The highest BCUT2D eigenvalue weighted by molar-refractivity contribution is 9.10. The molecular weight excluding hydrogens is 528 g/mol. The molecule has 0 saturated heterocycles. The molecule has 0 bridgehead atoms. The normalized spacial score (nSPS) is 11.6. The van der Waals surface area contributed by atoms with Gasteiger partial charge in [0.05, 0.1) is 4.47 Å². The average Bonchev–Trinajstić information content (AvgIpc) is 2.94. The van der Waals surface area contributed by atoms with E-state index in [1.807, 2.05) is 104 Å². The van der Waals surface area contributed by atoms with Gasteiger partial charge in [0.25, 0.3) is 5.91 Å². The van der Waals surface area contributed by atoms with Crippen LogP contribution in [0.25, 0.3) is 10.8 Å². The Labute approximate surface area is 226 Å². The van der Waals surface area contributed by atoms with E-state index < -0.39 is 6.04 Å². The van der Waals surface area contributed by atoms with Crippen molar-refractivity contribution >= 4 is 38.5 Å². The van der Waals surface area contributed by atoms with Gasteiger partial charge >= 0.3 is 0 Å². The van der Waals surface area contributed by atoms with Crippen LogP contribution in [0, 0.1) is 0 Å². The number of carbonyl (C=O) groups is 2. The van der Waals surface area contributed by atoms with Gasteiger partial charge in [-0.25, -0.2) is 0 Å². The lowest BCUT2D eigenvalue weighted by atomic mass is 10.0. The van der Waals surface area contributed by atoms with Crippen LogP contribution in [0.3, 0.4) is 0 Å². The Kier molecular flexibility index (Phi) is 9.33. The highest BCUT2D eigenvalue weighted by atomic mass is 79.9. The molecule has 1 N–H and O–H groups in total. The second kappa shape index (κ2) is 13.1. The van der Waals surface area contributed by atoms with Gasteiger partial charge in [-0.15, -0.1) is 0 Å².